The van der Waals surface area contributed by atoms with Crippen molar-refractivity contribution in [1.82, 2.24) is 9.78 Å². The third-order valence-corrected chi connectivity index (χ3v) is 4.00. The smallest absolute Gasteiger partial charge is 0.267 e. The molecule has 8 nitrogen and oxygen atoms in total. The van der Waals surface area contributed by atoms with Crippen LogP contribution in [-0.4, -0.2) is 30.1 Å². The molecule has 0 saturated heterocycles. The molecule has 0 bridgehead atoms. The van der Waals surface area contributed by atoms with Gasteiger partial charge in [-0.2, -0.15) is 4.99 Å². The lowest BCUT2D eigenvalue weighted by molar-refractivity contribution is -0.118. The molecule has 96 valence electrons. The van der Waals surface area contributed by atoms with E-state index in [1.54, 1.807) is 6.92 Å². The SMILES string of the molecule is CCn1nc(S(N)(=O)=O)sc1=NC(=O)[C@H](C)N. The van der Waals surface area contributed by atoms with Crippen LogP contribution in [0, 0.1) is 0 Å². The topological polar surface area (TPSA) is 133 Å². The molecule has 1 aromatic rings. The summed E-state index contributed by atoms with van der Waals surface area (Å²) in [6.07, 6.45) is 0. The second kappa shape index (κ2) is 5.04. The van der Waals surface area contributed by atoms with Crippen LogP contribution >= 0.6 is 11.3 Å². The van der Waals surface area contributed by atoms with Crippen LogP contribution in [0.15, 0.2) is 9.33 Å². The summed E-state index contributed by atoms with van der Waals surface area (Å²) >= 11 is 0.733. The highest BCUT2D eigenvalue weighted by atomic mass is 32.2. The molecule has 1 atom stereocenters. The van der Waals surface area contributed by atoms with Gasteiger partial charge in [0.05, 0.1) is 6.04 Å². The van der Waals surface area contributed by atoms with Crippen LogP contribution in [0.25, 0.3) is 0 Å². The maximum absolute atomic E-state index is 11.3. The number of amides is 1. The van der Waals surface area contributed by atoms with Gasteiger partial charge >= 0.3 is 0 Å². The van der Waals surface area contributed by atoms with E-state index in [0.29, 0.717) is 6.54 Å². The molecular formula is C7H13N5O3S2. The lowest BCUT2D eigenvalue weighted by atomic mass is 10.3. The fourth-order valence-corrected chi connectivity index (χ4v) is 2.50. The Balaban J connectivity index is 3.35. The van der Waals surface area contributed by atoms with Gasteiger partial charge in [0.25, 0.3) is 15.9 Å². The summed E-state index contributed by atoms with van der Waals surface area (Å²) in [7, 11) is -3.89. The van der Waals surface area contributed by atoms with Gasteiger partial charge in [-0.05, 0) is 13.8 Å². The second-order valence-corrected chi connectivity index (χ2v) is 5.94. The third kappa shape index (κ3) is 3.43. The number of aryl methyl sites for hydroxylation is 1. The van der Waals surface area contributed by atoms with E-state index < -0.39 is 22.0 Å². The van der Waals surface area contributed by atoms with Crippen LogP contribution in [0.2, 0.25) is 0 Å². The number of aromatic nitrogens is 2. The van der Waals surface area contributed by atoms with E-state index in [9.17, 15) is 13.2 Å². The molecule has 0 aromatic carbocycles. The van der Waals surface area contributed by atoms with Crippen LogP contribution in [0.4, 0.5) is 0 Å². The fraction of sp³-hybridized carbons (Fsp3) is 0.571. The van der Waals surface area contributed by atoms with Crippen molar-refractivity contribution < 1.29 is 13.2 Å². The standard InChI is InChI=1S/C7H13N5O3S2/c1-3-12-6(10-5(13)4(2)8)16-7(11-12)17(9,14)15/h4H,3,8H2,1-2H3,(H2,9,14,15)/t4-/m0/s1. The predicted octanol–water partition coefficient (Wildman–Crippen LogP) is -1.61. The molecule has 0 saturated carbocycles. The molecule has 0 radical (unpaired) electrons. The van der Waals surface area contributed by atoms with Gasteiger partial charge in [0.1, 0.15) is 0 Å². The van der Waals surface area contributed by atoms with Gasteiger partial charge < -0.3 is 5.73 Å². The zero-order valence-electron chi connectivity index (χ0n) is 9.32. The number of rotatable bonds is 3. The molecule has 0 aliphatic carbocycles. The molecular weight excluding hydrogens is 266 g/mol. The van der Waals surface area contributed by atoms with Gasteiger partial charge in [-0.15, -0.1) is 5.10 Å². The van der Waals surface area contributed by atoms with E-state index in [-0.39, 0.29) is 9.14 Å². The number of sulfonamides is 1. The zero-order chi connectivity index (χ0) is 13.2. The molecule has 4 N–H and O–H groups in total. The van der Waals surface area contributed by atoms with Crippen molar-refractivity contribution in [2.75, 3.05) is 0 Å². The van der Waals surface area contributed by atoms with Gasteiger partial charge in [-0.25, -0.2) is 18.2 Å². The molecule has 0 spiro atoms. The van der Waals surface area contributed by atoms with Crippen molar-refractivity contribution in [1.29, 1.82) is 0 Å². The van der Waals surface area contributed by atoms with Crippen LogP contribution in [0.5, 0.6) is 0 Å². The number of hydrogen-bond acceptors (Lipinski definition) is 6. The summed E-state index contributed by atoms with van der Waals surface area (Å²) in [6.45, 7) is 3.60. The second-order valence-electron chi connectivity index (χ2n) is 3.25. The highest BCUT2D eigenvalue weighted by molar-refractivity contribution is 7.91. The first-order valence-electron chi connectivity index (χ1n) is 4.70. The molecule has 0 fully saturated rings. The van der Waals surface area contributed by atoms with E-state index in [0.717, 1.165) is 11.3 Å². The third-order valence-electron chi connectivity index (χ3n) is 1.74. The summed E-state index contributed by atoms with van der Waals surface area (Å²) in [5.41, 5.74) is 5.36. The largest absolute Gasteiger partial charge is 0.320 e. The fourth-order valence-electron chi connectivity index (χ4n) is 0.890. The molecule has 1 heterocycles. The first-order chi connectivity index (χ1) is 7.75. The number of hydrogen-bond donors (Lipinski definition) is 2. The maximum Gasteiger partial charge on any atom is 0.267 e. The Morgan fingerprint density at radius 3 is 2.65 bits per heavy atom. The van der Waals surface area contributed by atoms with E-state index in [2.05, 4.69) is 10.1 Å². The van der Waals surface area contributed by atoms with Gasteiger partial charge in [-0.1, -0.05) is 11.3 Å². The number of primary sulfonamides is 1. The lowest BCUT2D eigenvalue weighted by Crippen LogP contribution is -2.28. The van der Waals surface area contributed by atoms with E-state index in [1.165, 1.54) is 11.6 Å². The van der Waals surface area contributed by atoms with Gasteiger partial charge in [-0.3, -0.25) is 4.79 Å². The minimum atomic E-state index is -3.89. The maximum atomic E-state index is 11.3. The normalized spacial score (nSPS) is 14.9. The Hall–Kier alpha value is -1.10. The summed E-state index contributed by atoms with van der Waals surface area (Å²) in [5.74, 6) is -0.545. The number of nitrogens with two attached hydrogens (primary N) is 2. The molecule has 1 amide bonds. The van der Waals surface area contributed by atoms with Crippen LogP contribution in [0.1, 0.15) is 13.8 Å². The van der Waals surface area contributed by atoms with Gasteiger partial charge in [0.15, 0.2) is 0 Å². The molecule has 10 heteroatoms. The number of carbonyl (C=O) groups is 1. The molecule has 0 aliphatic rings. The summed E-state index contributed by atoms with van der Waals surface area (Å²) in [4.78, 5) is 15.2. The van der Waals surface area contributed by atoms with E-state index in [1.807, 2.05) is 0 Å². The minimum Gasteiger partial charge on any atom is -0.320 e. The predicted molar refractivity (Wildman–Crippen MR) is 61.4 cm³/mol. The molecule has 0 aliphatic heterocycles. The number of nitrogens with zero attached hydrogens (tertiary/aromatic N) is 3. The van der Waals surface area contributed by atoms with Crippen molar-refractivity contribution >= 4 is 27.3 Å². The molecule has 17 heavy (non-hydrogen) atoms. The van der Waals surface area contributed by atoms with Crippen LogP contribution < -0.4 is 15.7 Å². The Bertz CT molecular complexity index is 583. The van der Waals surface area contributed by atoms with Crippen molar-refractivity contribution in [3.05, 3.63) is 4.80 Å². The molecule has 1 aromatic heterocycles. The van der Waals surface area contributed by atoms with Crippen LogP contribution in [0.3, 0.4) is 0 Å². The lowest BCUT2D eigenvalue weighted by Gasteiger charge is -1.96. The Labute approximate surface area is 102 Å². The summed E-state index contributed by atoms with van der Waals surface area (Å²) in [6, 6.07) is -0.750. The monoisotopic (exact) mass is 279 g/mol. The van der Waals surface area contributed by atoms with E-state index >= 15 is 0 Å². The quantitative estimate of drug-likeness (QED) is 0.686. The van der Waals surface area contributed by atoms with Crippen molar-refractivity contribution in [2.24, 2.45) is 15.9 Å². The summed E-state index contributed by atoms with van der Waals surface area (Å²) < 4.78 is 23.2. The highest BCUT2D eigenvalue weighted by Gasteiger charge is 2.16. The zero-order valence-corrected chi connectivity index (χ0v) is 11.0. The average molecular weight is 279 g/mol. The molecule has 0 unspecified atom stereocenters. The number of carbonyl (C=O) groups excluding carboxylic acids is 1. The minimum absolute atomic E-state index is 0.166. The first-order valence-corrected chi connectivity index (χ1v) is 7.07. The van der Waals surface area contributed by atoms with Crippen molar-refractivity contribution in [3.8, 4) is 0 Å². The summed E-state index contributed by atoms with van der Waals surface area (Å²) in [5, 5.41) is 8.69. The Morgan fingerprint density at radius 1 is 1.65 bits per heavy atom. The van der Waals surface area contributed by atoms with Crippen molar-refractivity contribution in [3.63, 3.8) is 0 Å². The Kier molecular flexibility index (Phi) is 4.14. The van der Waals surface area contributed by atoms with Gasteiger partial charge in [0, 0.05) is 6.54 Å². The van der Waals surface area contributed by atoms with E-state index in [4.69, 9.17) is 10.9 Å². The Morgan fingerprint density at radius 2 is 2.24 bits per heavy atom. The molecule has 1 rings (SSSR count). The highest BCUT2D eigenvalue weighted by Crippen LogP contribution is 2.05. The average Bonchev–Trinajstić information content (AvgIpc) is 2.60. The van der Waals surface area contributed by atoms with Crippen molar-refractivity contribution in [2.45, 2.75) is 30.8 Å². The first kappa shape index (κ1) is 14.0. The van der Waals surface area contributed by atoms with Crippen LogP contribution in [-0.2, 0) is 21.4 Å². The van der Waals surface area contributed by atoms with Gasteiger partial charge in [0.2, 0.25) is 9.14 Å².